The summed E-state index contributed by atoms with van der Waals surface area (Å²) >= 11 is 0. The lowest BCUT2D eigenvalue weighted by Gasteiger charge is -2.21. The second-order valence-corrected chi connectivity index (χ2v) is 4.94. The van der Waals surface area contributed by atoms with Crippen LogP contribution in [0.2, 0.25) is 0 Å². The third-order valence-electron chi connectivity index (χ3n) is 3.32. The number of nitrogens with zero attached hydrogens (tertiary/aromatic N) is 5. The molecule has 0 amide bonds. The molecule has 7 nitrogen and oxygen atoms in total. The molecule has 19 heavy (non-hydrogen) atoms. The molecule has 0 unspecified atom stereocenters. The van der Waals surface area contributed by atoms with E-state index in [4.69, 9.17) is 10.9 Å². The largest absolute Gasteiger partial charge is 0.409 e. The number of nitrogens with two attached hydrogens (primary N) is 1. The van der Waals surface area contributed by atoms with Crippen molar-refractivity contribution in [1.29, 1.82) is 0 Å². The van der Waals surface area contributed by atoms with Gasteiger partial charge in [0.2, 0.25) is 0 Å². The number of amidine groups is 1. The molecular formula is C12H22N6O. The smallest absolute Gasteiger partial charge is 0.141 e. The zero-order valence-electron chi connectivity index (χ0n) is 11.4. The van der Waals surface area contributed by atoms with Gasteiger partial charge in [-0.25, -0.2) is 9.67 Å². The van der Waals surface area contributed by atoms with E-state index in [2.05, 4.69) is 27.1 Å². The molecule has 0 spiro atoms. The summed E-state index contributed by atoms with van der Waals surface area (Å²) in [6, 6.07) is 0.610. The zero-order chi connectivity index (χ0) is 13.7. The van der Waals surface area contributed by atoms with Crippen molar-refractivity contribution in [2.24, 2.45) is 10.9 Å². The minimum atomic E-state index is 0.278. The van der Waals surface area contributed by atoms with E-state index in [1.165, 1.54) is 12.8 Å². The van der Waals surface area contributed by atoms with Crippen LogP contribution < -0.4 is 5.73 Å². The molecular weight excluding hydrogens is 244 g/mol. The van der Waals surface area contributed by atoms with Gasteiger partial charge >= 0.3 is 0 Å². The van der Waals surface area contributed by atoms with Gasteiger partial charge in [0.15, 0.2) is 0 Å². The van der Waals surface area contributed by atoms with Crippen molar-refractivity contribution in [3.63, 3.8) is 0 Å². The van der Waals surface area contributed by atoms with Crippen LogP contribution in [0.4, 0.5) is 0 Å². The SMILES string of the molecule is CCCn1ncnc1CN(CCC(N)=NO)C1CC1. The zero-order valence-corrected chi connectivity index (χ0v) is 11.4. The van der Waals surface area contributed by atoms with E-state index in [-0.39, 0.29) is 5.84 Å². The van der Waals surface area contributed by atoms with E-state index >= 15 is 0 Å². The number of hydrogen-bond acceptors (Lipinski definition) is 5. The van der Waals surface area contributed by atoms with Crippen molar-refractivity contribution in [2.45, 2.75) is 51.7 Å². The molecule has 1 aliphatic rings. The summed E-state index contributed by atoms with van der Waals surface area (Å²) in [5, 5.41) is 15.9. The highest BCUT2D eigenvalue weighted by Gasteiger charge is 2.29. The van der Waals surface area contributed by atoms with Crippen LogP contribution in [0.25, 0.3) is 0 Å². The molecule has 1 heterocycles. The lowest BCUT2D eigenvalue weighted by Crippen LogP contribution is -2.31. The summed E-state index contributed by atoms with van der Waals surface area (Å²) in [6.45, 7) is 4.60. The van der Waals surface area contributed by atoms with Crippen molar-refractivity contribution in [3.8, 4) is 0 Å². The Labute approximate surface area is 113 Å². The summed E-state index contributed by atoms with van der Waals surface area (Å²) in [4.78, 5) is 6.67. The summed E-state index contributed by atoms with van der Waals surface area (Å²) in [5.74, 6) is 1.27. The molecule has 7 heteroatoms. The standard InChI is InChI=1S/C12H22N6O/c1-2-6-18-12(14-9-15-18)8-17(10-3-4-10)7-5-11(13)16-19/h9-10,19H,2-8H2,1H3,(H2,13,16). The van der Waals surface area contributed by atoms with Crippen LogP contribution in [-0.2, 0) is 13.1 Å². The van der Waals surface area contributed by atoms with Crippen LogP contribution >= 0.6 is 0 Å². The third-order valence-corrected chi connectivity index (χ3v) is 3.32. The second-order valence-electron chi connectivity index (χ2n) is 4.94. The summed E-state index contributed by atoms with van der Waals surface area (Å²) in [7, 11) is 0. The second kappa shape index (κ2) is 6.51. The molecule has 1 aromatic heterocycles. The van der Waals surface area contributed by atoms with E-state index in [1.54, 1.807) is 6.33 Å². The van der Waals surface area contributed by atoms with Crippen LogP contribution in [0, 0.1) is 0 Å². The highest BCUT2D eigenvalue weighted by molar-refractivity contribution is 5.79. The highest BCUT2D eigenvalue weighted by atomic mass is 16.4. The Morgan fingerprint density at radius 1 is 1.63 bits per heavy atom. The van der Waals surface area contributed by atoms with Crippen molar-refractivity contribution in [3.05, 3.63) is 12.2 Å². The quantitative estimate of drug-likeness (QED) is 0.314. The fourth-order valence-corrected chi connectivity index (χ4v) is 2.13. The first-order valence-corrected chi connectivity index (χ1v) is 6.81. The third kappa shape index (κ3) is 3.92. The van der Waals surface area contributed by atoms with Gasteiger partial charge in [0.25, 0.3) is 0 Å². The lowest BCUT2D eigenvalue weighted by molar-refractivity contribution is 0.248. The van der Waals surface area contributed by atoms with E-state index in [9.17, 15) is 0 Å². The van der Waals surface area contributed by atoms with Gasteiger partial charge in [-0.05, 0) is 19.3 Å². The molecule has 0 bridgehead atoms. The van der Waals surface area contributed by atoms with Gasteiger partial charge < -0.3 is 10.9 Å². The Balaban J connectivity index is 1.94. The van der Waals surface area contributed by atoms with Gasteiger partial charge in [-0.2, -0.15) is 5.10 Å². The molecule has 1 saturated carbocycles. The summed E-state index contributed by atoms with van der Waals surface area (Å²) in [5.41, 5.74) is 5.53. The molecule has 0 atom stereocenters. The van der Waals surface area contributed by atoms with Gasteiger partial charge in [-0.15, -0.1) is 0 Å². The van der Waals surface area contributed by atoms with Crippen molar-refractivity contribution in [2.75, 3.05) is 6.54 Å². The number of aryl methyl sites for hydroxylation is 1. The van der Waals surface area contributed by atoms with Crippen LogP contribution in [0.3, 0.4) is 0 Å². The van der Waals surface area contributed by atoms with Gasteiger partial charge in [-0.3, -0.25) is 4.90 Å². The van der Waals surface area contributed by atoms with E-state index < -0.39 is 0 Å². The Hall–Kier alpha value is -1.63. The monoisotopic (exact) mass is 266 g/mol. The van der Waals surface area contributed by atoms with Crippen LogP contribution in [0.15, 0.2) is 11.5 Å². The molecule has 2 rings (SSSR count). The van der Waals surface area contributed by atoms with Gasteiger partial charge in [-0.1, -0.05) is 12.1 Å². The number of rotatable bonds is 8. The first kappa shape index (κ1) is 13.8. The fraction of sp³-hybridized carbons (Fsp3) is 0.750. The Morgan fingerprint density at radius 2 is 2.42 bits per heavy atom. The van der Waals surface area contributed by atoms with Gasteiger partial charge in [0, 0.05) is 25.6 Å². The van der Waals surface area contributed by atoms with Crippen LogP contribution in [0.1, 0.15) is 38.4 Å². The van der Waals surface area contributed by atoms with Crippen molar-refractivity contribution in [1.82, 2.24) is 19.7 Å². The van der Waals surface area contributed by atoms with E-state index in [1.807, 2.05) is 4.68 Å². The first-order chi connectivity index (χ1) is 9.24. The summed E-state index contributed by atoms with van der Waals surface area (Å²) < 4.78 is 1.96. The Kier molecular flexibility index (Phi) is 4.73. The predicted molar refractivity (Wildman–Crippen MR) is 71.8 cm³/mol. The van der Waals surface area contributed by atoms with E-state index in [0.717, 1.165) is 31.9 Å². The minimum absolute atomic E-state index is 0.278. The molecule has 0 radical (unpaired) electrons. The van der Waals surface area contributed by atoms with Crippen molar-refractivity contribution >= 4 is 5.84 Å². The molecule has 0 aromatic carbocycles. The Bertz CT molecular complexity index is 426. The molecule has 1 aliphatic carbocycles. The van der Waals surface area contributed by atoms with Gasteiger partial charge in [0.1, 0.15) is 18.0 Å². The first-order valence-electron chi connectivity index (χ1n) is 6.81. The van der Waals surface area contributed by atoms with Crippen molar-refractivity contribution < 1.29 is 5.21 Å². The number of aromatic nitrogens is 3. The molecule has 0 saturated heterocycles. The topological polar surface area (TPSA) is 92.6 Å². The highest BCUT2D eigenvalue weighted by Crippen LogP contribution is 2.28. The average molecular weight is 266 g/mol. The molecule has 106 valence electrons. The Morgan fingerprint density at radius 3 is 3.05 bits per heavy atom. The maximum Gasteiger partial charge on any atom is 0.141 e. The molecule has 1 aromatic rings. The average Bonchev–Trinajstić information content (AvgIpc) is 3.17. The maximum atomic E-state index is 8.59. The molecule has 3 N–H and O–H groups in total. The normalized spacial score (nSPS) is 16.2. The number of oxime groups is 1. The van der Waals surface area contributed by atoms with Crippen LogP contribution in [0.5, 0.6) is 0 Å². The lowest BCUT2D eigenvalue weighted by atomic mass is 10.3. The maximum absolute atomic E-state index is 8.59. The van der Waals surface area contributed by atoms with Crippen LogP contribution in [-0.4, -0.2) is 43.3 Å². The predicted octanol–water partition coefficient (Wildman–Crippen LogP) is 0.789. The summed E-state index contributed by atoms with van der Waals surface area (Å²) in [6.07, 6.45) is 5.68. The van der Waals surface area contributed by atoms with E-state index in [0.29, 0.717) is 12.5 Å². The number of hydrogen-bond donors (Lipinski definition) is 2. The molecule has 1 fully saturated rings. The minimum Gasteiger partial charge on any atom is -0.409 e. The molecule has 0 aliphatic heterocycles. The van der Waals surface area contributed by atoms with Gasteiger partial charge in [0.05, 0.1) is 6.54 Å². The fourth-order valence-electron chi connectivity index (χ4n) is 2.13.